The minimum absolute atomic E-state index is 0.217. The molecule has 2 aromatic heterocycles. The topological polar surface area (TPSA) is 54.9 Å². The van der Waals surface area contributed by atoms with E-state index in [-0.39, 0.29) is 5.91 Å². The molecular formula is C17H13N3OS. The van der Waals surface area contributed by atoms with Gasteiger partial charge in [0, 0.05) is 17.3 Å². The summed E-state index contributed by atoms with van der Waals surface area (Å²) in [5.41, 5.74) is 0.530. The highest BCUT2D eigenvalue weighted by molar-refractivity contribution is 7.99. The molecule has 0 aliphatic carbocycles. The van der Waals surface area contributed by atoms with Crippen molar-refractivity contribution in [2.45, 2.75) is 9.92 Å². The van der Waals surface area contributed by atoms with Gasteiger partial charge in [0.15, 0.2) is 0 Å². The summed E-state index contributed by atoms with van der Waals surface area (Å²) < 4.78 is 0. The molecule has 1 amide bonds. The molecule has 0 aliphatic heterocycles. The second-order valence-electron chi connectivity index (χ2n) is 4.44. The molecule has 0 bridgehead atoms. The lowest BCUT2D eigenvalue weighted by Crippen LogP contribution is -2.14. The third kappa shape index (κ3) is 3.51. The Morgan fingerprint density at radius 3 is 2.41 bits per heavy atom. The molecule has 0 aliphatic rings. The summed E-state index contributed by atoms with van der Waals surface area (Å²) in [6, 6.07) is 18.7. The number of anilines is 1. The number of hydrogen-bond acceptors (Lipinski definition) is 4. The van der Waals surface area contributed by atoms with Crippen LogP contribution in [0.2, 0.25) is 0 Å². The van der Waals surface area contributed by atoms with Gasteiger partial charge in [-0.3, -0.25) is 4.79 Å². The molecule has 0 radical (unpaired) electrons. The second-order valence-corrected chi connectivity index (χ2v) is 5.50. The molecular weight excluding hydrogens is 294 g/mol. The molecule has 1 aromatic carbocycles. The SMILES string of the molecule is O=C(Nc1ccccn1)c1cccnc1Sc1ccccc1. The maximum Gasteiger partial charge on any atom is 0.259 e. The van der Waals surface area contributed by atoms with Gasteiger partial charge in [-0.2, -0.15) is 0 Å². The lowest BCUT2D eigenvalue weighted by atomic mass is 10.2. The van der Waals surface area contributed by atoms with Crippen molar-refractivity contribution in [1.29, 1.82) is 0 Å². The van der Waals surface area contributed by atoms with Crippen molar-refractivity contribution in [1.82, 2.24) is 9.97 Å². The van der Waals surface area contributed by atoms with Crippen LogP contribution in [0, 0.1) is 0 Å². The van der Waals surface area contributed by atoms with Crippen LogP contribution in [0.25, 0.3) is 0 Å². The number of benzene rings is 1. The largest absolute Gasteiger partial charge is 0.306 e. The molecule has 108 valence electrons. The normalized spacial score (nSPS) is 10.2. The predicted octanol–water partition coefficient (Wildman–Crippen LogP) is 3.88. The Balaban J connectivity index is 1.83. The van der Waals surface area contributed by atoms with E-state index < -0.39 is 0 Å². The Morgan fingerprint density at radius 1 is 0.864 bits per heavy atom. The fourth-order valence-corrected chi connectivity index (χ4v) is 2.77. The molecule has 0 saturated carbocycles. The van der Waals surface area contributed by atoms with E-state index in [9.17, 15) is 4.79 Å². The van der Waals surface area contributed by atoms with E-state index >= 15 is 0 Å². The van der Waals surface area contributed by atoms with E-state index in [0.717, 1.165) is 4.90 Å². The Hall–Kier alpha value is -2.66. The molecule has 0 unspecified atom stereocenters. The first kappa shape index (κ1) is 14.3. The van der Waals surface area contributed by atoms with E-state index in [0.29, 0.717) is 16.4 Å². The Bertz CT molecular complexity index is 763. The fourth-order valence-electron chi connectivity index (χ4n) is 1.87. The van der Waals surface area contributed by atoms with Crippen LogP contribution in [0.4, 0.5) is 5.82 Å². The minimum Gasteiger partial charge on any atom is -0.306 e. The third-order valence-corrected chi connectivity index (χ3v) is 3.91. The summed E-state index contributed by atoms with van der Waals surface area (Å²) in [4.78, 5) is 21.9. The van der Waals surface area contributed by atoms with Gasteiger partial charge in [-0.15, -0.1) is 0 Å². The van der Waals surface area contributed by atoms with Gasteiger partial charge in [0.2, 0.25) is 0 Å². The van der Waals surface area contributed by atoms with E-state index in [4.69, 9.17) is 0 Å². The van der Waals surface area contributed by atoms with Crippen LogP contribution in [0.15, 0.2) is 83.0 Å². The molecule has 3 aromatic rings. The summed E-state index contributed by atoms with van der Waals surface area (Å²) in [5.74, 6) is 0.303. The highest BCUT2D eigenvalue weighted by Crippen LogP contribution is 2.28. The lowest BCUT2D eigenvalue weighted by Gasteiger charge is -2.08. The third-order valence-electron chi connectivity index (χ3n) is 2.88. The van der Waals surface area contributed by atoms with Gasteiger partial charge in [0.25, 0.3) is 5.91 Å². The van der Waals surface area contributed by atoms with E-state index in [1.807, 2.05) is 36.4 Å². The van der Waals surface area contributed by atoms with Crippen molar-refractivity contribution < 1.29 is 4.79 Å². The number of amides is 1. The summed E-state index contributed by atoms with van der Waals surface area (Å²) in [6.45, 7) is 0. The number of hydrogen-bond donors (Lipinski definition) is 1. The number of nitrogens with zero attached hydrogens (tertiary/aromatic N) is 2. The van der Waals surface area contributed by atoms with Gasteiger partial charge in [0.1, 0.15) is 10.8 Å². The van der Waals surface area contributed by atoms with Gasteiger partial charge in [-0.1, -0.05) is 36.0 Å². The first-order valence-corrected chi connectivity index (χ1v) is 7.55. The Labute approximate surface area is 132 Å². The van der Waals surface area contributed by atoms with Gasteiger partial charge in [0.05, 0.1) is 5.56 Å². The average molecular weight is 307 g/mol. The van der Waals surface area contributed by atoms with Crippen LogP contribution in [0.5, 0.6) is 0 Å². The molecule has 0 saturated heterocycles. The summed E-state index contributed by atoms with van der Waals surface area (Å²) in [6.07, 6.45) is 3.32. The van der Waals surface area contributed by atoms with Crippen LogP contribution >= 0.6 is 11.8 Å². The molecule has 1 N–H and O–H groups in total. The molecule has 0 spiro atoms. The fraction of sp³-hybridized carbons (Fsp3) is 0. The van der Waals surface area contributed by atoms with Crippen LogP contribution in [-0.2, 0) is 0 Å². The van der Waals surface area contributed by atoms with Crippen LogP contribution in [-0.4, -0.2) is 15.9 Å². The van der Waals surface area contributed by atoms with Crippen molar-refractivity contribution in [2.24, 2.45) is 0 Å². The minimum atomic E-state index is -0.217. The van der Waals surface area contributed by atoms with E-state index in [2.05, 4.69) is 15.3 Å². The average Bonchev–Trinajstić information content (AvgIpc) is 2.57. The standard InChI is InChI=1S/C17H13N3OS/c21-16(20-15-10-4-5-11-18-15)14-9-6-12-19-17(14)22-13-7-2-1-3-8-13/h1-12H,(H,18,20,21). The molecule has 22 heavy (non-hydrogen) atoms. The quantitative estimate of drug-likeness (QED) is 0.794. The Morgan fingerprint density at radius 2 is 1.64 bits per heavy atom. The summed E-state index contributed by atoms with van der Waals surface area (Å²) >= 11 is 1.46. The van der Waals surface area contributed by atoms with Gasteiger partial charge >= 0.3 is 0 Å². The molecule has 5 heteroatoms. The number of aromatic nitrogens is 2. The van der Waals surface area contributed by atoms with Crippen LogP contribution in [0.1, 0.15) is 10.4 Å². The summed E-state index contributed by atoms with van der Waals surface area (Å²) in [7, 11) is 0. The highest BCUT2D eigenvalue weighted by Gasteiger charge is 2.13. The van der Waals surface area contributed by atoms with Gasteiger partial charge in [-0.05, 0) is 36.4 Å². The number of pyridine rings is 2. The highest BCUT2D eigenvalue weighted by atomic mass is 32.2. The van der Waals surface area contributed by atoms with Crippen molar-refractivity contribution in [3.63, 3.8) is 0 Å². The molecule has 2 heterocycles. The maximum absolute atomic E-state index is 12.4. The zero-order valence-electron chi connectivity index (χ0n) is 11.6. The van der Waals surface area contributed by atoms with Crippen LogP contribution < -0.4 is 5.32 Å². The van der Waals surface area contributed by atoms with E-state index in [1.165, 1.54) is 11.8 Å². The number of carbonyl (C=O) groups is 1. The van der Waals surface area contributed by atoms with Crippen molar-refractivity contribution in [3.05, 3.63) is 78.6 Å². The van der Waals surface area contributed by atoms with Crippen LogP contribution in [0.3, 0.4) is 0 Å². The number of rotatable bonds is 4. The number of carbonyl (C=O) groups excluding carboxylic acids is 1. The smallest absolute Gasteiger partial charge is 0.259 e. The van der Waals surface area contributed by atoms with Crippen molar-refractivity contribution in [3.8, 4) is 0 Å². The van der Waals surface area contributed by atoms with E-state index in [1.54, 1.807) is 36.7 Å². The molecule has 0 atom stereocenters. The molecule has 3 rings (SSSR count). The first-order chi connectivity index (χ1) is 10.8. The predicted molar refractivity (Wildman–Crippen MR) is 87.0 cm³/mol. The van der Waals surface area contributed by atoms with Crippen molar-refractivity contribution >= 4 is 23.5 Å². The zero-order valence-corrected chi connectivity index (χ0v) is 12.5. The Kier molecular flexibility index (Phi) is 4.46. The summed E-state index contributed by atoms with van der Waals surface area (Å²) in [5, 5.41) is 3.45. The lowest BCUT2D eigenvalue weighted by molar-refractivity contribution is 0.102. The first-order valence-electron chi connectivity index (χ1n) is 6.73. The number of nitrogens with one attached hydrogen (secondary N) is 1. The van der Waals surface area contributed by atoms with Gasteiger partial charge in [-0.25, -0.2) is 9.97 Å². The second kappa shape index (κ2) is 6.87. The maximum atomic E-state index is 12.4. The van der Waals surface area contributed by atoms with Gasteiger partial charge < -0.3 is 5.32 Å². The molecule has 4 nitrogen and oxygen atoms in total. The zero-order chi connectivity index (χ0) is 15.2. The molecule has 0 fully saturated rings. The van der Waals surface area contributed by atoms with Crippen molar-refractivity contribution in [2.75, 3.05) is 5.32 Å². The monoisotopic (exact) mass is 307 g/mol.